The lowest BCUT2D eigenvalue weighted by molar-refractivity contribution is 0.213. The molecular formula is C15H25NO. The molecule has 1 atom stereocenters. The topological polar surface area (TPSA) is 21.3 Å². The van der Waals surface area contributed by atoms with E-state index in [-0.39, 0.29) is 11.5 Å². The van der Waals surface area contributed by atoms with Gasteiger partial charge in [-0.15, -0.1) is 0 Å². The third kappa shape index (κ3) is 4.39. The number of nitrogens with one attached hydrogen (secondary N) is 1. The Balaban J connectivity index is 2.77. The van der Waals surface area contributed by atoms with Crippen LogP contribution in [0.3, 0.4) is 0 Å². The number of ether oxygens (including phenoxy) is 1. The minimum atomic E-state index is 0.120. The Bertz CT molecular complexity index is 341. The summed E-state index contributed by atoms with van der Waals surface area (Å²) in [6.45, 7) is 12.7. The Kier molecular flexibility index (Phi) is 5.01. The van der Waals surface area contributed by atoms with Crippen molar-refractivity contribution in [2.75, 3.05) is 13.1 Å². The predicted molar refractivity (Wildman–Crippen MR) is 73.8 cm³/mol. The lowest BCUT2D eigenvalue weighted by Crippen LogP contribution is -2.29. The summed E-state index contributed by atoms with van der Waals surface area (Å²) < 4.78 is 6.01. The van der Waals surface area contributed by atoms with Crippen LogP contribution in [0.25, 0.3) is 0 Å². The summed E-state index contributed by atoms with van der Waals surface area (Å²) in [7, 11) is 0. The monoisotopic (exact) mass is 235 g/mol. The lowest BCUT2D eigenvalue weighted by atomic mass is 9.86. The highest BCUT2D eigenvalue weighted by Crippen LogP contribution is 2.31. The van der Waals surface area contributed by atoms with Gasteiger partial charge in [-0.2, -0.15) is 0 Å². The van der Waals surface area contributed by atoms with E-state index < -0.39 is 0 Å². The van der Waals surface area contributed by atoms with Crippen molar-refractivity contribution in [3.05, 3.63) is 29.8 Å². The first-order valence-corrected chi connectivity index (χ1v) is 6.42. The summed E-state index contributed by atoms with van der Waals surface area (Å²) >= 11 is 0. The molecule has 1 rings (SSSR count). The number of para-hydroxylation sites is 1. The molecule has 1 aromatic carbocycles. The van der Waals surface area contributed by atoms with E-state index in [0.717, 1.165) is 18.8 Å². The molecule has 0 aliphatic carbocycles. The van der Waals surface area contributed by atoms with Gasteiger partial charge < -0.3 is 10.1 Å². The van der Waals surface area contributed by atoms with Crippen molar-refractivity contribution in [3.63, 3.8) is 0 Å². The van der Waals surface area contributed by atoms with E-state index in [1.807, 2.05) is 6.07 Å². The molecule has 17 heavy (non-hydrogen) atoms. The zero-order chi connectivity index (χ0) is 12.9. The van der Waals surface area contributed by atoms with Crippen LogP contribution in [0, 0.1) is 0 Å². The molecule has 0 aromatic heterocycles. The average Bonchev–Trinajstić information content (AvgIpc) is 2.25. The fourth-order valence-electron chi connectivity index (χ4n) is 1.80. The van der Waals surface area contributed by atoms with Gasteiger partial charge in [0, 0.05) is 6.54 Å². The highest BCUT2D eigenvalue weighted by atomic mass is 16.5. The largest absolute Gasteiger partial charge is 0.489 e. The first-order valence-electron chi connectivity index (χ1n) is 6.42. The Morgan fingerprint density at radius 3 is 2.47 bits per heavy atom. The molecule has 2 nitrogen and oxygen atoms in total. The maximum Gasteiger partial charge on any atom is 0.123 e. The molecule has 0 aliphatic heterocycles. The van der Waals surface area contributed by atoms with E-state index in [9.17, 15) is 0 Å². The quantitative estimate of drug-likeness (QED) is 0.845. The molecule has 2 heteroatoms. The number of hydrogen-bond acceptors (Lipinski definition) is 2. The second kappa shape index (κ2) is 6.06. The first-order chi connectivity index (χ1) is 7.95. The minimum Gasteiger partial charge on any atom is -0.489 e. The van der Waals surface area contributed by atoms with Crippen LogP contribution in [-0.4, -0.2) is 19.2 Å². The molecule has 0 amide bonds. The van der Waals surface area contributed by atoms with Gasteiger partial charge in [-0.1, -0.05) is 45.9 Å². The maximum atomic E-state index is 6.01. The van der Waals surface area contributed by atoms with Crippen molar-refractivity contribution < 1.29 is 4.74 Å². The third-order valence-corrected chi connectivity index (χ3v) is 2.71. The van der Waals surface area contributed by atoms with Crippen LogP contribution in [0.5, 0.6) is 5.75 Å². The van der Waals surface area contributed by atoms with Crippen molar-refractivity contribution in [1.29, 1.82) is 0 Å². The molecule has 0 fully saturated rings. The van der Waals surface area contributed by atoms with Crippen LogP contribution in [0.1, 0.15) is 40.2 Å². The molecule has 0 saturated heterocycles. The van der Waals surface area contributed by atoms with Gasteiger partial charge in [0.1, 0.15) is 11.9 Å². The zero-order valence-electron chi connectivity index (χ0n) is 11.7. The summed E-state index contributed by atoms with van der Waals surface area (Å²) in [5.41, 5.74) is 1.39. The van der Waals surface area contributed by atoms with Gasteiger partial charge in [-0.05, 0) is 30.5 Å². The highest BCUT2D eigenvalue weighted by molar-refractivity contribution is 5.38. The molecule has 0 radical (unpaired) electrons. The van der Waals surface area contributed by atoms with Gasteiger partial charge in [0.2, 0.25) is 0 Å². The van der Waals surface area contributed by atoms with E-state index >= 15 is 0 Å². The van der Waals surface area contributed by atoms with Gasteiger partial charge in [-0.3, -0.25) is 0 Å². The van der Waals surface area contributed by atoms with E-state index in [2.05, 4.69) is 58.1 Å². The van der Waals surface area contributed by atoms with E-state index in [1.165, 1.54) is 5.56 Å². The standard InChI is InChI=1S/C15H25NO/c1-6-16-11-12(2)17-14-10-8-7-9-13(14)15(3,4)5/h7-10,12,16H,6,11H2,1-5H3. The number of rotatable bonds is 5. The van der Waals surface area contributed by atoms with E-state index in [0.29, 0.717) is 0 Å². The minimum absolute atomic E-state index is 0.120. The second-order valence-corrected chi connectivity index (χ2v) is 5.48. The van der Waals surface area contributed by atoms with Crippen LogP contribution in [0.15, 0.2) is 24.3 Å². The molecule has 1 unspecified atom stereocenters. The van der Waals surface area contributed by atoms with Gasteiger partial charge in [0.05, 0.1) is 0 Å². The normalized spacial score (nSPS) is 13.5. The fraction of sp³-hybridized carbons (Fsp3) is 0.600. The summed E-state index contributed by atoms with van der Waals surface area (Å²) in [6.07, 6.45) is 0.193. The number of hydrogen-bond donors (Lipinski definition) is 1. The van der Waals surface area contributed by atoms with Gasteiger partial charge in [-0.25, -0.2) is 0 Å². The Morgan fingerprint density at radius 2 is 1.88 bits per heavy atom. The first kappa shape index (κ1) is 14.0. The van der Waals surface area contributed by atoms with Crippen molar-refractivity contribution in [1.82, 2.24) is 5.32 Å². The Morgan fingerprint density at radius 1 is 1.24 bits per heavy atom. The summed E-state index contributed by atoms with van der Waals surface area (Å²) in [5.74, 6) is 1.01. The van der Waals surface area contributed by atoms with E-state index in [4.69, 9.17) is 4.74 Å². The third-order valence-electron chi connectivity index (χ3n) is 2.71. The van der Waals surface area contributed by atoms with Crippen LogP contribution in [0.4, 0.5) is 0 Å². The van der Waals surface area contributed by atoms with Crippen LogP contribution in [-0.2, 0) is 5.41 Å². The molecule has 0 saturated carbocycles. The van der Waals surface area contributed by atoms with Crippen LogP contribution >= 0.6 is 0 Å². The van der Waals surface area contributed by atoms with Crippen molar-refractivity contribution >= 4 is 0 Å². The highest BCUT2D eigenvalue weighted by Gasteiger charge is 2.19. The fourth-order valence-corrected chi connectivity index (χ4v) is 1.80. The van der Waals surface area contributed by atoms with Gasteiger partial charge in [0.15, 0.2) is 0 Å². The Hall–Kier alpha value is -1.02. The number of likely N-dealkylation sites (N-methyl/N-ethyl adjacent to an activating group) is 1. The molecule has 0 aliphatic rings. The molecule has 0 bridgehead atoms. The summed E-state index contributed by atoms with van der Waals surface area (Å²) in [6, 6.07) is 8.31. The molecule has 1 aromatic rings. The van der Waals surface area contributed by atoms with E-state index in [1.54, 1.807) is 0 Å². The molecular weight excluding hydrogens is 210 g/mol. The van der Waals surface area contributed by atoms with Crippen LogP contribution < -0.4 is 10.1 Å². The maximum absolute atomic E-state index is 6.01. The average molecular weight is 235 g/mol. The molecule has 0 spiro atoms. The zero-order valence-corrected chi connectivity index (χ0v) is 11.7. The van der Waals surface area contributed by atoms with Crippen LogP contribution in [0.2, 0.25) is 0 Å². The Labute approximate surface area is 105 Å². The SMILES string of the molecule is CCNCC(C)Oc1ccccc1C(C)(C)C. The predicted octanol–water partition coefficient (Wildman–Crippen LogP) is 3.36. The van der Waals surface area contributed by atoms with Crippen molar-refractivity contribution in [2.45, 2.75) is 46.1 Å². The van der Waals surface area contributed by atoms with Crippen molar-refractivity contribution in [3.8, 4) is 5.75 Å². The smallest absolute Gasteiger partial charge is 0.123 e. The summed E-state index contributed by atoms with van der Waals surface area (Å²) in [5, 5.41) is 3.30. The lowest BCUT2D eigenvalue weighted by Gasteiger charge is -2.24. The molecule has 96 valence electrons. The molecule has 0 heterocycles. The van der Waals surface area contributed by atoms with Crippen molar-refractivity contribution in [2.24, 2.45) is 0 Å². The second-order valence-electron chi connectivity index (χ2n) is 5.48. The number of benzene rings is 1. The molecule has 1 N–H and O–H groups in total. The van der Waals surface area contributed by atoms with Gasteiger partial charge >= 0.3 is 0 Å². The summed E-state index contributed by atoms with van der Waals surface area (Å²) in [4.78, 5) is 0. The van der Waals surface area contributed by atoms with Gasteiger partial charge in [0.25, 0.3) is 0 Å².